The summed E-state index contributed by atoms with van der Waals surface area (Å²) in [5.41, 5.74) is 1.28. The van der Waals surface area contributed by atoms with Crippen molar-refractivity contribution in [1.82, 2.24) is 0 Å². The summed E-state index contributed by atoms with van der Waals surface area (Å²) >= 11 is 0. The molecule has 85 valence electrons. The zero-order valence-electron chi connectivity index (χ0n) is 10.1. The Hall–Kier alpha value is -2.26. The van der Waals surface area contributed by atoms with E-state index in [1.54, 1.807) is 0 Å². The summed E-state index contributed by atoms with van der Waals surface area (Å²) in [5.74, 6) is 2.44. The molecule has 0 aliphatic heterocycles. The second kappa shape index (κ2) is 4.55. The van der Waals surface area contributed by atoms with Crippen LogP contribution in [-0.2, 0) is 6.42 Å². The van der Waals surface area contributed by atoms with E-state index >= 15 is 0 Å². The molecule has 0 atom stereocenters. The fourth-order valence-corrected chi connectivity index (χ4v) is 2.35. The number of hydrogen-bond acceptors (Lipinski definition) is 0. The fourth-order valence-electron chi connectivity index (χ4n) is 2.35. The third kappa shape index (κ3) is 1.96. The molecule has 0 fully saturated rings. The monoisotopic (exact) mass is 229 g/mol. The van der Waals surface area contributed by atoms with E-state index in [9.17, 15) is 0 Å². The van der Waals surface area contributed by atoms with Crippen LogP contribution in [0.4, 0.5) is 0 Å². The molecule has 3 aromatic rings. The van der Waals surface area contributed by atoms with Gasteiger partial charge in [-0.05, 0) is 52.1 Å². The van der Waals surface area contributed by atoms with Crippen LogP contribution in [0.2, 0.25) is 0 Å². The van der Waals surface area contributed by atoms with Crippen molar-refractivity contribution in [2.45, 2.75) is 12.8 Å². The van der Waals surface area contributed by atoms with E-state index in [-0.39, 0.29) is 0 Å². The lowest BCUT2D eigenvalue weighted by Gasteiger charge is -2.04. The van der Waals surface area contributed by atoms with Crippen LogP contribution in [0.15, 0.2) is 54.6 Å². The van der Waals surface area contributed by atoms with Gasteiger partial charge in [0.2, 0.25) is 0 Å². The Morgan fingerprint density at radius 1 is 0.778 bits per heavy atom. The number of hydrogen-bond donors (Lipinski definition) is 0. The average molecular weight is 229 g/mol. The first kappa shape index (κ1) is 10.9. The number of rotatable bonds is 2. The van der Waals surface area contributed by atoms with E-state index in [0.717, 1.165) is 6.42 Å². The zero-order valence-corrected chi connectivity index (χ0v) is 10.1. The second-order valence-electron chi connectivity index (χ2n) is 4.56. The standard InChI is InChI=1S/C18H13/c1-2-3-6-14-9-10-17-12-15-7-4-5-8-16(15)13-18(17)11-14/h4-5,7-13H,3,6H2. The molecule has 0 N–H and O–H groups in total. The van der Waals surface area contributed by atoms with Crippen LogP contribution in [0.5, 0.6) is 0 Å². The molecular weight excluding hydrogens is 216 g/mol. The molecule has 0 spiro atoms. The highest BCUT2D eigenvalue weighted by atomic mass is 14.0. The van der Waals surface area contributed by atoms with Gasteiger partial charge in [0.1, 0.15) is 0 Å². The number of benzene rings is 3. The van der Waals surface area contributed by atoms with Crippen LogP contribution in [-0.4, -0.2) is 0 Å². The molecule has 0 bridgehead atoms. The third-order valence-corrected chi connectivity index (χ3v) is 3.31. The lowest BCUT2D eigenvalue weighted by Crippen LogP contribution is -1.84. The van der Waals surface area contributed by atoms with Crippen LogP contribution in [0, 0.1) is 12.3 Å². The topological polar surface area (TPSA) is 0 Å². The van der Waals surface area contributed by atoms with Gasteiger partial charge in [0.05, 0.1) is 0 Å². The summed E-state index contributed by atoms with van der Waals surface area (Å²) in [6.07, 6.45) is 8.56. The van der Waals surface area contributed by atoms with Crippen LogP contribution in [0.25, 0.3) is 21.5 Å². The molecule has 0 unspecified atom stereocenters. The number of fused-ring (bicyclic) bond motifs is 2. The normalized spacial score (nSPS) is 10.6. The Morgan fingerprint density at radius 3 is 2.17 bits per heavy atom. The van der Waals surface area contributed by atoms with Crippen molar-refractivity contribution in [1.29, 1.82) is 0 Å². The predicted octanol–water partition coefficient (Wildman–Crippen LogP) is 4.52. The quantitative estimate of drug-likeness (QED) is 0.448. The largest absolute Gasteiger partial charge is 0.0888 e. The van der Waals surface area contributed by atoms with E-state index in [1.807, 2.05) is 0 Å². The Labute approximate surface area is 107 Å². The van der Waals surface area contributed by atoms with E-state index < -0.39 is 0 Å². The number of aryl methyl sites for hydroxylation is 1. The van der Waals surface area contributed by atoms with Crippen LogP contribution < -0.4 is 0 Å². The average Bonchev–Trinajstić information content (AvgIpc) is 2.42. The van der Waals surface area contributed by atoms with Crippen LogP contribution >= 0.6 is 0 Å². The summed E-state index contributed by atoms with van der Waals surface area (Å²) in [6, 6.07) is 19.4. The lowest BCUT2D eigenvalue weighted by molar-refractivity contribution is 1.03. The highest BCUT2D eigenvalue weighted by Crippen LogP contribution is 2.24. The molecule has 0 saturated carbocycles. The smallest absolute Gasteiger partial charge is 0.0139 e. The summed E-state index contributed by atoms with van der Waals surface area (Å²) < 4.78 is 0. The Balaban J connectivity index is 2.15. The Bertz CT molecular complexity index is 745. The summed E-state index contributed by atoms with van der Waals surface area (Å²) in [5, 5.41) is 5.11. The van der Waals surface area contributed by atoms with Crippen LogP contribution in [0.1, 0.15) is 12.0 Å². The fraction of sp³-hybridized carbons (Fsp3) is 0.111. The lowest BCUT2D eigenvalue weighted by atomic mass is 10.0. The SMILES string of the molecule is [C]#CCCc1ccc2cc3ccccc3cc2c1. The second-order valence-corrected chi connectivity index (χ2v) is 4.56. The first-order valence-electron chi connectivity index (χ1n) is 6.18. The summed E-state index contributed by atoms with van der Waals surface area (Å²) in [6.45, 7) is 0. The van der Waals surface area contributed by atoms with Crippen molar-refractivity contribution in [3.63, 3.8) is 0 Å². The van der Waals surface area contributed by atoms with Crippen LogP contribution in [0.3, 0.4) is 0 Å². The molecule has 0 aromatic heterocycles. The highest BCUT2D eigenvalue weighted by molar-refractivity contribution is 5.98. The van der Waals surface area contributed by atoms with Crippen molar-refractivity contribution in [3.8, 4) is 5.92 Å². The zero-order chi connectivity index (χ0) is 12.4. The molecule has 0 aliphatic rings. The van der Waals surface area contributed by atoms with Gasteiger partial charge in [-0.25, -0.2) is 0 Å². The molecule has 3 aromatic carbocycles. The van der Waals surface area contributed by atoms with Gasteiger partial charge in [-0.1, -0.05) is 48.4 Å². The van der Waals surface area contributed by atoms with Gasteiger partial charge < -0.3 is 0 Å². The molecule has 0 aliphatic carbocycles. The Kier molecular flexibility index (Phi) is 2.74. The first-order chi connectivity index (χ1) is 8.86. The molecule has 0 saturated heterocycles. The molecular formula is C18H13. The minimum absolute atomic E-state index is 0.694. The van der Waals surface area contributed by atoms with Crippen molar-refractivity contribution in [2.24, 2.45) is 0 Å². The van der Waals surface area contributed by atoms with Gasteiger partial charge in [-0.3, -0.25) is 0 Å². The van der Waals surface area contributed by atoms with Crippen molar-refractivity contribution in [2.75, 3.05) is 0 Å². The van der Waals surface area contributed by atoms with Gasteiger partial charge in [0.25, 0.3) is 0 Å². The van der Waals surface area contributed by atoms with E-state index in [2.05, 4.69) is 60.5 Å². The maximum absolute atomic E-state index is 6.97. The third-order valence-electron chi connectivity index (χ3n) is 3.31. The summed E-state index contributed by atoms with van der Waals surface area (Å²) in [4.78, 5) is 0. The van der Waals surface area contributed by atoms with Gasteiger partial charge in [-0.2, -0.15) is 0 Å². The molecule has 0 nitrogen and oxygen atoms in total. The van der Waals surface area contributed by atoms with Gasteiger partial charge in [0, 0.05) is 6.42 Å². The molecule has 0 heterocycles. The minimum atomic E-state index is 0.694. The molecule has 0 amide bonds. The maximum Gasteiger partial charge on any atom is 0.0139 e. The van der Waals surface area contributed by atoms with Gasteiger partial charge in [-0.15, -0.1) is 0 Å². The van der Waals surface area contributed by atoms with Crippen molar-refractivity contribution in [3.05, 3.63) is 66.6 Å². The predicted molar refractivity (Wildman–Crippen MR) is 76.9 cm³/mol. The molecule has 3 rings (SSSR count). The van der Waals surface area contributed by atoms with E-state index in [1.165, 1.54) is 27.1 Å². The van der Waals surface area contributed by atoms with Crippen molar-refractivity contribution >= 4 is 21.5 Å². The minimum Gasteiger partial charge on any atom is -0.0888 e. The maximum atomic E-state index is 6.97. The molecule has 18 heavy (non-hydrogen) atoms. The summed E-state index contributed by atoms with van der Waals surface area (Å²) in [7, 11) is 0. The van der Waals surface area contributed by atoms with Gasteiger partial charge >= 0.3 is 0 Å². The van der Waals surface area contributed by atoms with E-state index in [0.29, 0.717) is 6.42 Å². The Morgan fingerprint density at radius 2 is 1.44 bits per heavy atom. The first-order valence-corrected chi connectivity index (χ1v) is 6.18. The molecule has 0 heteroatoms. The highest BCUT2D eigenvalue weighted by Gasteiger charge is 1.99. The molecule has 1 radical (unpaired) electrons. The van der Waals surface area contributed by atoms with Crippen molar-refractivity contribution < 1.29 is 0 Å². The van der Waals surface area contributed by atoms with Gasteiger partial charge in [0.15, 0.2) is 0 Å². The van der Waals surface area contributed by atoms with E-state index in [4.69, 9.17) is 6.42 Å².